The number of carbonyl (C=O) groups excluding carboxylic acids is 1. The number of sulfonamides is 1. The van der Waals surface area contributed by atoms with Crippen molar-refractivity contribution in [2.24, 2.45) is 0 Å². The molecule has 134 valence electrons. The molecule has 0 aliphatic rings. The predicted octanol–water partition coefficient (Wildman–Crippen LogP) is 2.04. The molecule has 1 amide bonds. The number of rotatable bonds is 10. The van der Waals surface area contributed by atoms with Gasteiger partial charge in [-0.05, 0) is 31.9 Å². The summed E-state index contributed by atoms with van der Waals surface area (Å²) in [6, 6.07) is 4.58. The SMILES string of the molecule is CCS(=O)(=O)Nc1ccc(NC(=O)CCCCC(=O)O)cc1OC. The van der Waals surface area contributed by atoms with Gasteiger partial charge in [0.15, 0.2) is 0 Å². The van der Waals surface area contributed by atoms with Crippen LogP contribution < -0.4 is 14.8 Å². The number of anilines is 2. The van der Waals surface area contributed by atoms with E-state index in [9.17, 15) is 18.0 Å². The van der Waals surface area contributed by atoms with Crippen molar-refractivity contribution in [1.82, 2.24) is 0 Å². The molecule has 3 N–H and O–H groups in total. The molecular formula is C15H22N2O6S. The number of ether oxygens (including phenoxy) is 1. The Morgan fingerprint density at radius 3 is 2.46 bits per heavy atom. The molecule has 0 aliphatic heterocycles. The summed E-state index contributed by atoms with van der Waals surface area (Å²) in [4.78, 5) is 22.2. The van der Waals surface area contributed by atoms with E-state index in [1.165, 1.54) is 26.2 Å². The number of carboxylic acid groups (broad SMARTS) is 1. The van der Waals surface area contributed by atoms with Crippen LogP contribution in [0.25, 0.3) is 0 Å². The van der Waals surface area contributed by atoms with Crippen LogP contribution >= 0.6 is 0 Å². The fraction of sp³-hybridized carbons (Fsp3) is 0.467. The molecule has 1 aromatic carbocycles. The number of aliphatic carboxylic acids is 1. The molecule has 0 radical (unpaired) electrons. The van der Waals surface area contributed by atoms with E-state index in [0.29, 0.717) is 24.2 Å². The first-order chi connectivity index (χ1) is 11.3. The van der Waals surface area contributed by atoms with Gasteiger partial charge in [-0.3, -0.25) is 14.3 Å². The molecular weight excluding hydrogens is 336 g/mol. The molecule has 0 aliphatic carbocycles. The third-order valence-electron chi connectivity index (χ3n) is 3.18. The van der Waals surface area contributed by atoms with E-state index in [1.54, 1.807) is 6.07 Å². The van der Waals surface area contributed by atoms with Gasteiger partial charge in [-0.15, -0.1) is 0 Å². The number of benzene rings is 1. The summed E-state index contributed by atoms with van der Waals surface area (Å²) in [5, 5.41) is 11.2. The minimum Gasteiger partial charge on any atom is -0.494 e. The first-order valence-electron chi connectivity index (χ1n) is 7.47. The van der Waals surface area contributed by atoms with Gasteiger partial charge in [0.05, 0.1) is 18.6 Å². The summed E-state index contributed by atoms with van der Waals surface area (Å²) in [6.07, 6.45) is 1.15. The maximum absolute atomic E-state index is 11.8. The number of hydrogen-bond donors (Lipinski definition) is 3. The zero-order valence-corrected chi connectivity index (χ0v) is 14.5. The molecule has 1 rings (SSSR count). The molecule has 0 saturated carbocycles. The predicted molar refractivity (Wildman–Crippen MR) is 90.8 cm³/mol. The van der Waals surface area contributed by atoms with Gasteiger partial charge in [0.1, 0.15) is 5.75 Å². The normalized spacial score (nSPS) is 10.9. The monoisotopic (exact) mass is 358 g/mol. The molecule has 0 aromatic heterocycles. The number of methoxy groups -OCH3 is 1. The van der Waals surface area contributed by atoms with E-state index in [-0.39, 0.29) is 30.3 Å². The molecule has 0 bridgehead atoms. The van der Waals surface area contributed by atoms with Crippen LogP contribution in [0.5, 0.6) is 5.75 Å². The Morgan fingerprint density at radius 2 is 1.88 bits per heavy atom. The quantitative estimate of drug-likeness (QED) is 0.550. The van der Waals surface area contributed by atoms with E-state index in [2.05, 4.69) is 10.0 Å². The Labute approximate surface area is 141 Å². The lowest BCUT2D eigenvalue weighted by Crippen LogP contribution is -2.15. The topological polar surface area (TPSA) is 122 Å². The Morgan fingerprint density at radius 1 is 1.21 bits per heavy atom. The van der Waals surface area contributed by atoms with Crippen LogP contribution in [-0.2, 0) is 19.6 Å². The van der Waals surface area contributed by atoms with E-state index in [1.807, 2.05) is 0 Å². The minimum absolute atomic E-state index is 0.0351. The van der Waals surface area contributed by atoms with Crippen LogP contribution in [0.15, 0.2) is 18.2 Å². The molecule has 8 nitrogen and oxygen atoms in total. The summed E-state index contributed by atoms with van der Waals surface area (Å²) < 4.78 is 30.8. The van der Waals surface area contributed by atoms with Crippen molar-refractivity contribution >= 4 is 33.3 Å². The second-order valence-electron chi connectivity index (χ2n) is 5.07. The van der Waals surface area contributed by atoms with Crippen LogP contribution in [0.4, 0.5) is 11.4 Å². The molecule has 9 heteroatoms. The summed E-state index contributed by atoms with van der Waals surface area (Å²) in [5.74, 6) is -0.907. The number of carbonyl (C=O) groups is 2. The summed E-state index contributed by atoms with van der Waals surface area (Å²) in [7, 11) is -2.03. The molecule has 1 aromatic rings. The van der Waals surface area contributed by atoms with Gasteiger partial charge in [0, 0.05) is 24.6 Å². The highest BCUT2D eigenvalue weighted by molar-refractivity contribution is 7.92. The van der Waals surface area contributed by atoms with Gasteiger partial charge < -0.3 is 15.2 Å². The van der Waals surface area contributed by atoms with E-state index >= 15 is 0 Å². The first-order valence-corrected chi connectivity index (χ1v) is 9.12. The molecule has 0 fully saturated rings. The third-order valence-corrected chi connectivity index (χ3v) is 4.47. The number of amides is 1. The first kappa shape index (κ1) is 19.8. The highest BCUT2D eigenvalue weighted by Gasteiger charge is 2.12. The van der Waals surface area contributed by atoms with Crippen molar-refractivity contribution in [3.05, 3.63) is 18.2 Å². The highest BCUT2D eigenvalue weighted by atomic mass is 32.2. The lowest BCUT2D eigenvalue weighted by Gasteiger charge is -2.13. The summed E-state index contributed by atoms with van der Waals surface area (Å²) in [6.45, 7) is 1.52. The average molecular weight is 358 g/mol. The number of unbranched alkanes of at least 4 members (excludes halogenated alkanes) is 1. The number of carboxylic acids is 1. The minimum atomic E-state index is -3.43. The Hall–Kier alpha value is -2.29. The largest absolute Gasteiger partial charge is 0.494 e. The second kappa shape index (κ2) is 9.11. The lowest BCUT2D eigenvalue weighted by molar-refractivity contribution is -0.137. The van der Waals surface area contributed by atoms with Crippen molar-refractivity contribution in [3.8, 4) is 5.75 Å². The van der Waals surface area contributed by atoms with Crippen molar-refractivity contribution in [2.45, 2.75) is 32.6 Å². The van der Waals surface area contributed by atoms with E-state index in [4.69, 9.17) is 9.84 Å². The molecule has 0 heterocycles. The maximum Gasteiger partial charge on any atom is 0.303 e. The Balaban J connectivity index is 2.67. The van der Waals surface area contributed by atoms with Crippen LogP contribution in [-0.4, -0.2) is 38.3 Å². The van der Waals surface area contributed by atoms with Gasteiger partial charge in [-0.25, -0.2) is 8.42 Å². The van der Waals surface area contributed by atoms with E-state index in [0.717, 1.165) is 0 Å². The van der Waals surface area contributed by atoms with Crippen LogP contribution in [0, 0.1) is 0 Å². The summed E-state index contributed by atoms with van der Waals surface area (Å²) >= 11 is 0. The number of hydrogen-bond acceptors (Lipinski definition) is 5. The van der Waals surface area contributed by atoms with Gasteiger partial charge in [0.25, 0.3) is 0 Å². The molecule has 0 unspecified atom stereocenters. The zero-order chi connectivity index (χ0) is 18.2. The molecule has 0 saturated heterocycles. The van der Waals surface area contributed by atoms with Gasteiger partial charge in [0.2, 0.25) is 15.9 Å². The van der Waals surface area contributed by atoms with E-state index < -0.39 is 16.0 Å². The fourth-order valence-corrected chi connectivity index (χ4v) is 2.53. The third kappa shape index (κ3) is 6.86. The zero-order valence-electron chi connectivity index (χ0n) is 13.7. The average Bonchev–Trinajstić information content (AvgIpc) is 2.52. The van der Waals surface area contributed by atoms with Crippen molar-refractivity contribution < 1.29 is 27.9 Å². The summed E-state index contributed by atoms with van der Waals surface area (Å²) in [5.41, 5.74) is 0.758. The Bertz CT molecular complexity index is 687. The standard InChI is InChI=1S/C15H22N2O6S/c1-3-24(21,22)17-12-9-8-11(10-13(12)23-2)16-14(18)6-4-5-7-15(19)20/h8-10,17H,3-7H2,1-2H3,(H,16,18)(H,19,20). The fourth-order valence-electron chi connectivity index (χ4n) is 1.88. The molecule has 0 atom stereocenters. The van der Waals surface area contributed by atoms with Crippen molar-refractivity contribution in [2.75, 3.05) is 22.9 Å². The second-order valence-corrected chi connectivity index (χ2v) is 7.08. The maximum atomic E-state index is 11.8. The molecule has 24 heavy (non-hydrogen) atoms. The lowest BCUT2D eigenvalue weighted by atomic mass is 10.2. The highest BCUT2D eigenvalue weighted by Crippen LogP contribution is 2.29. The number of nitrogens with one attached hydrogen (secondary N) is 2. The smallest absolute Gasteiger partial charge is 0.303 e. The Kier molecular flexibility index (Phi) is 7.50. The van der Waals surface area contributed by atoms with Crippen LogP contribution in [0.2, 0.25) is 0 Å². The van der Waals surface area contributed by atoms with Crippen LogP contribution in [0.1, 0.15) is 32.6 Å². The van der Waals surface area contributed by atoms with Gasteiger partial charge in [-0.2, -0.15) is 0 Å². The van der Waals surface area contributed by atoms with Crippen LogP contribution in [0.3, 0.4) is 0 Å². The van der Waals surface area contributed by atoms with Gasteiger partial charge >= 0.3 is 5.97 Å². The van der Waals surface area contributed by atoms with Crippen molar-refractivity contribution in [1.29, 1.82) is 0 Å². The van der Waals surface area contributed by atoms with Crippen molar-refractivity contribution in [3.63, 3.8) is 0 Å². The molecule has 0 spiro atoms. The van der Waals surface area contributed by atoms with Gasteiger partial charge in [-0.1, -0.05) is 0 Å².